The van der Waals surface area contributed by atoms with Gasteiger partial charge in [0.1, 0.15) is 5.75 Å². The maximum atomic E-state index is 11.9. The molecular weight excluding hydrogens is 386 g/mol. The SMILES string of the molecule is CCN(CC)Cc1cc(C=NNC(=O)c2ccc(Br)o2)ccc1OC. The van der Waals surface area contributed by atoms with Crippen LogP contribution in [0.3, 0.4) is 0 Å². The van der Waals surface area contributed by atoms with Crippen LogP contribution in [0.1, 0.15) is 35.5 Å². The molecule has 0 aliphatic rings. The molecule has 0 radical (unpaired) electrons. The van der Waals surface area contributed by atoms with Crippen molar-refractivity contribution in [3.63, 3.8) is 0 Å². The molecular formula is C18H22BrN3O3. The molecule has 6 nitrogen and oxygen atoms in total. The molecule has 2 aromatic rings. The van der Waals surface area contributed by atoms with Crippen LogP contribution in [0, 0.1) is 0 Å². The number of hydrogen-bond acceptors (Lipinski definition) is 5. The minimum Gasteiger partial charge on any atom is -0.496 e. The Morgan fingerprint density at radius 3 is 2.68 bits per heavy atom. The van der Waals surface area contributed by atoms with Gasteiger partial charge in [-0.15, -0.1) is 0 Å². The summed E-state index contributed by atoms with van der Waals surface area (Å²) in [4.78, 5) is 14.2. The third kappa shape index (κ3) is 5.44. The van der Waals surface area contributed by atoms with Gasteiger partial charge in [-0.1, -0.05) is 13.8 Å². The Morgan fingerprint density at radius 2 is 2.08 bits per heavy atom. The Bertz CT molecular complexity index is 739. The minimum absolute atomic E-state index is 0.195. The quantitative estimate of drug-likeness (QED) is 0.535. The van der Waals surface area contributed by atoms with Crippen molar-refractivity contribution < 1.29 is 13.9 Å². The highest BCUT2D eigenvalue weighted by Crippen LogP contribution is 2.21. The summed E-state index contributed by atoms with van der Waals surface area (Å²) in [5.41, 5.74) is 4.40. The van der Waals surface area contributed by atoms with E-state index in [1.165, 1.54) is 0 Å². The van der Waals surface area contributed by atoms with Crippen LogP contribution in [0.4, 0.5) is 0 Å². The average molecular weight is 408 g/mol. The fourth-order valence-corrected chi connectivity index (χ4v) is 2.65. The summed E-state index contributed by atoms with van der Waals surface area (Å²) in [6, 6.07) is 9.04. The number of nitrogens with zero attached hydrogens (tertiary/aromatic N) is 2. The maximum absolute atomic E-state index is 11.9. The van der Waals surface area contributed by atoms with Crippen LogP contribution in [0.15, 0.2) is 44.5 Å². The van der Waals surface area contributed by atoms with Crippen molar-refractivity contribution in [1.82, 2.24) is 10.3 Å². The first-order valence-corrected chi connectivity index (χ1v) is 8.84. The fraction of sp³-hybridized carbons (Fsp3) is 0.333. The lowest BCUT2D eigenvalue weighted by Gasteiger charge is -2.19. The first kappa shape index (κ1) is 19.2. The zero-order valence-electron chi connectivity index (χ0n) is 14.6. The number of rotatable bonds is 8. The Kier molecular flexibility index (Phi) is 7.21. The molecule has 7 heteroatoms. The number of carbonyl (C=O) groups excluding carboxylic acids is 1. The predicted octanol–water partition coefficient (Wildman–Crippen LogP) is 3.66. The van der Waals surface area contributed by atoms with Gasteiger partial charge in [-0.2, -0.15) is 5.10 Å². The van der Waals surface area contributed by atoms with Gasteiger partial charge in [0.05, 0.1) is 13.3 Å². The van der Waals surface area contributed by atoms with Gasteiger partial charge in [0.15, 0.2) is 10.4 Å². The smallest absolute Gasteiger partial charge is 0.307 e. The van der Waals surface area contributed by atoms with Gasteiger partial charge in [-0.3, -0.25) is 9.69 Å². The Labute approximate surface area is 156 Å². The van der Waals surface area contributed by atoms with Gasteiger partial charge in [0, 0.05) is 12.1 Å². The highest BCUT2D eigenvalue weighted by molar-refractivity contribution is 9.10. The number of carbonyl (C=O) groups is 1. The minimum atomic E-state index is -0.404. The summed E-state index contributed by atoms with van der Waals surface area (Å²) in [6.45, 7) is 6.98. The standard InChI is InChI=1S/C18H22BrN3O3/c1-4-22(5-2)12-14-10-13(6-7-15(14)24-3)11-20-21-18(23)16-8-9-17(19)25-16/h6-11H,4-5,12H2,1-3H3,(H,21,23). The molecule has 0 aliphatic heterocycles. The molecule has 0 fully saturated rings. The van der Waals surface area contributed by atoms with Crippen molar-refractivity contribution in [3.8, 4) is 5.75 Å². The van der Waals surface area contributed by atoms with E-state index in [2.05, 4.69) is 45.2 Å². The maximum Gasteiger partial charge on any atom is 0.307 e. The van der Waals surface area contributed by atoms with E-state index in [9.17, 15) is 4.79 Å². The second-order valence-electron chi connectivity index (χ2n) is 5.34. The lowest BCUT2D eigenvalue weighted by Crippen LogP contribution is -2.22. The van der Waals surface area contributed by atoms with Crippen molar-refractivity contribution in [3.05, 3.63) is 51.9 Å². The molecule has 0 atom stereocenters. The molecule has 0 saturated carbocycles. The summed E-state index contributed by atoms with van der Waals surface area (Å²) in [5.74, 6) is 0.633. The number of benzene rings is 1. The van der Waals surface area contributed by atoms with Gasteiger partial charge >= 0.3 is 5.91 Å². The van der Waals surface area contributed by atoms with E-state index in [0.29, 0.717) is 4.67 Å². The van der Waals surface area contributed by atoms with Crippen LogP contribution < -0.4 is 10.2 Å². The molecule has 1 aromatic heterocycles. The lowest BCUT2D eigenvalue weighted by molar-refractivity contribution is 0.0926. The Hall–Kier alpha value is -2.12. The van der Waals surface area contributed by atoms with E-state index in [4.69, 9.17) is 9.15 Å². The molecule has 1 N–H and O–H groups in total. The Balaban J connectivity index is 2.07. The van der Waals surface area contributed by atoms with Crippen LogP contribution in [0.2, 0.25) is 0 Å². The highest BCUT2D eigenvalue weighted by Gasteiger charge is 2.10. The monoisotopic (exact) mass is 407 g/mol. The van der Waals surface area contributed by atoms with Crippen LogP contribution in [-0.2, 0) is 6.54 Å². The zero-order chi connectivity index (χ0) is 18.2. The van der Waals surface area contributed by atoms with Gasteiger partial charge in [-0.25, -0.2) is 5.43 Å². The molecule has 0 unspecified atom stereocenters. The summed E-state index contributed by atoms with van der Waals surface area (Å²) in [7, 11) is 1.66. The van der Waals surface area contributed by atoms with E-state index in [1.807, 2.05) is 18.2 Å². The second kappa shape index (κ2) is 9.39. The summed E-state index contributed by atoms with van der Waals surface area (Å²) < 4.78 is 11.1. The fourth-order valence-electron chi connectivity index (χ4n) is 2.35. The third-order valence-corrected chi connectivity index (χ3v) is 4.20. The molecule has 25 heavy (non-hydrogen) atoms. The molecule has 134 valence electrons. The molecule has 0 bridgehead atoms. The summed E-state index contributed by atoms with van der Waals surface area (Å²) in [5, 5.41) is 3.99. The molecule has 2 rings (SSSR count). The van der Waals surface area contributed by atoms with Crippen LogP contribution >= 0.6 is 15.9 Å². The van der Waals surface area contributed by atoms with E-state index in [0.717, 1.165) is 36.5 Å². The van der Waals surface area contributed by atoms with E-state index in [1.54, 1.807) is 25.5 Å². The molecule has 1 amide bonds. The number of nitrogens with one attached hydrogen (secondary N) is 1. The van der Waals surface area contributed by atoms with Gasteiger partial charge < -0.3 is 9.15 Å². The number of hydrazone groups is 1. The predicted molar refractivity (Wildman–Crippen MR) is 101 cm³/mol. The van der Waals surface area contributed by atoms with Gasteiger partial charge in [0.25, 0.3) is 0 Å². The van der Waals surface area contributed by atoms with Crippen molar-refractivity contribution in [1.29, 1.82) is 0 Å². The summed E-state index contributed by atoms with van der Waals surface area (Å²) in [6.07, 6.45) is 1.60. The van der Waals surface area contributed by atoms with Gasteiger partial charge in [-0.05, 0) is 64.9 Å². The summed E-state index contributed by atoms with van der Waals surface area (Å²) >= 11 is 3.16. The zero-order valence-corrected chi connectivity index (χ0v) is 16.2. The van der Waals surface area contributed by atoms with Crippen molar-refractivity contribution in [2.45, 2.75) is 20.4 Å². The first-order chi connectivity index (χ1) is 12.1. The molecule has 0 spiro atoms. The molecule has 0 saturated heterocycles. The van der Waals surface area contributed by atoms with E-state index < -0.39 is 5.91 Å². The Morgan fingerprint density at radius 1 is 1.32 bits per heavy atom. The number of furan rings is 1. The molecule has 1 aromatic carbocycles. The largest absolute Gasteiger partial charge is 0.496 e. The van der Waals surface area contributed by atoms with Crippen molar-refractivity contribution in [2.75, 3.05) is 20.2 Å². The van der Waals surface area contributed by atoms with Crippen molar-refractivity contribution >= 4 is 28.1 Å². The third-order valence-electron chi connectivity index (χ3n) is 3.77. The number of hydrogen-bond donors (Lipinski definition) is 1. The number of methoxy groups -OCH3 is 1. The second-order valence-corrected chi connectivity index (χ2v) is 6.12. The van der Waals surface area contributed by atoms with Crippen LogP contribution in [0.25, 0.3) is 0 Å². The topological polar surface area (TPSA) is 67.1 Å². The number of amides is 1. The van der Waals surface area contributed by atoms with Gasteiger partial charge in [0.2, 0.25) is 0 Å². The van der Waals surface area contributed by atoms with Crippen LogP contribution in [-0.4, -0.2) is 37.2 Å². The lowest BCUT2D eigenvalue weighted by atomic mass is 10.1. The first-order valence-electron chi connectivity index (χ1n) is 8.05. The van der Waals surface area contributed by atoms with E-state index in [-0.39, 0.29) is 5.76 Å². The number of halogens is 1. The normalized spacial score (nSPS) is 11.2. The molecule has 0 aliphatic carbocycles. The number of ether oxygens (including phenoxy) is 1. The van der Waals surface area contributed by atoms with E-state index >= 15 is 0 Å². The average Bonchev–Trinajstić information content (AvgIpc) is 3.06. The van der Waals surface area contributed by atoms with Crippen LogP contribution in [0.5, 0.6) is 5.75 Å². The molecule has 1 heterocycles. The van der Waals surface area contributed by atoms with Crippen molar-refractivity contribution in [2.24, 2.45) is 5.10 Å². The highest BCUT2D eigenvalue weighted by atomic mass is 79.9.